The Kier molecular flexibility index (Phi) is 2.28. The number of nitro benzene ring substituents is 1. The van der Waals surface area contributed by atoms with Crippen LogP contribution in [0.4, 0.5) is 5.69 Å². The summed E-state index contributed by atoms with van der Waals surface area (Å²) in [5.41, 5.74) is -0.162. The van der Waals surface area contributed by atoms with Gasteiger partial charge in [0.1, 0.15) is 6.29 Å². The number of rotatable bonds is 3. The topological polar surface area (TPSA) is 95.3 Å². The fourth-order valence-corrected chi connectivity index (χ4v) is 1.46. The lowest BCUT2D eigenvalue weighted by Crippen LogP contribution is -2.14. The average molecular weight is 222 g/mol. The van der Waals surface area contributed by atoms with Crippen molar-refractivity contribution in [1.82, 2.24) is 4.57 Å². The number of carbonyl (C=O) groups is 1. The molecule has 0 atom stereocenters. The van der Waals surface area contributed by atoms with E-state index in [2.05, 4.69) is 0 Å². The van der Waals surface area contributed by atoms with E-state index < -0.39 is 10.7 Å². The van der Waals surface area contributed by atoms with Crippen molar-refractivity contribution < 1.29 is 14.1 Å². The van der Waals surface area contributed by atoms with Crippen LogP contribution in [0.2, 0.25) is 0 Å². The summed E-state index contributed by atoms with van der Waals surface area (Å²) in [6.45, 7) is -0.187. The molecular weight excluding hydrogens is 216 g/mol. The van der Waals surface area contributed by atoms with Crippen LogP contribution in [0.15, 0.2) is 27.4 Å². The van der Waals surface area contributed by atoms with E-state index in [0.29, 0.717) is 6.29 Å². The van der Waals surface area contributed by atoms with E-state index in [4.69, 9.17) is 4.42 Å². The second kappa shape index (κ2) is 3.61. The molecule has 0 amide bonds. The number of aldehydes is 1. The lowest BCUT2D eigenvalue weighted by atomic mass is 10.3. The van der Waals surface area contributed by atoms with E-state index >= 15 is 0 Å². The Balaban J connectivity index is 2.82. The fourth-order valence-electron chi connectivity index (χ4n) is 1.46. The normalized spacial score (nSPS) is 10.5. The van der Waals surface area contributed by atoms with Gasteiger partial charge in [-0.05, 0) is 6.07 Å². The molecule has 16 heavy (non-hydrogen) atoms. The van der Waals surface area contributed by atoms with Crippen LogP contribution in [0.1, 0.15) is 0 Å². The van der Waals surface area contributed by atoms with Gasteiger partial charge < -0.3 is 9.21 Å². The smallest absolute Gasteiger partial charge is 0.400 e. The first kappa shape index (κ1) is 10.1. The Morgan fingerprint density at radius 3 is 2.88 bits per heavy atom. The molecule has 0 saturated carbocycles. The Labute approximate surface area is 88.0 Å². The first-order valence-electron chi connectivity index (χ1n) is 4.35. The van der Waals surface area contributed by atoms with Crippen molar-refractivity contribution >= 4 is 23.1 Å². The summed E-state index contributed by atoms with van der Waals surface area (Å²) in [5, 5.41) is 10.7. The highest BCUT2D eigenvalue weighted by atomic mass is 16.6. The highest BCUT2D eigenvalue weighted by molar-refractivity contribution is 5.82. The summed E-state index contributed by atoms with van der Waals surface area (Å²) in [4.78, 5) is 31.7. The average Bonchev–Trinajstić information content (AvgIpc) is 2.56. The van der Waals surface area contributed by atoms with Crippen molar-refractivity contribution in [3.05, 3.63) is 38.9 Å². The summed E-state index contributed by atoms with van der Waals surface area (Å²) in [7, 11) is 0. The van der Waals surface area contributed by atoms with Crippen molar-refractivity contribution in [2.75, 3.05) is 0 Å². The highest BCUT2D eigenvalue weighted by Crippen LogP contribution is 2.23. The van der Waals surface area contributed by atoms with Gasteiger partial charge in [0, 0.05) is 6.07 Å². The molecule has 0 aliphatic rings. The van der Waals surface area contributed by atoms with Crippen LogP contribution in [-0.4, -0.2) is 15.8 Å². The molecule has 2 aromatic rings. The van der Waals surface area contributed by atoms with Gasteiger partial charge in [-0.15, -0.1) is 0 Å². The zero-order valence-corrected chi connectivity index (χ0v) is 7.95. The molecule has 1 heterocycles. The van der Waals surface area contributed by atoms with Gasteiger partial charge in [0.05, 0.1) is 17.0 Å². The first-order valence-corrected chi connectivity index (χ1v) is 4.35. The number of hydrogen-bond acceptors (Lipinski definition) is 5. The molecule has 1 aromatic carbocycles. The van der Waals surface area contributed by atoms with Gasteiger partial charge in [-0.3, -0.25) is 14.7 Å². The molecule has 0 spiro atoms. The van der Waals surface area contributed by atoms with E-state index in [1.807, 2.05) is 0 Å². The minimum Gasteiger partial charge on any atom is -0.400 e. The Bertz CT molecular complexity index is 624. The van der Waals surface area contributed by atoms with Crippen LogP contribution in [0.5, 0.6) is 0 Å². The van der Waals surface area contributed by atoms with Crippen LogP contribution in [0.25, 0.3) is 11.1 Å². The van der Waals surface area contributed by atoms with E-state index in [1.165, 1.54) is 18.2 Å². The zero-order chi connectivity index (χ0) is 11.7. The number of nitro groups is 1. The molecule has 0 saturated heterocycles. The summed E-state index contributed by atoms with van der Waals surface area (Å²) < 4.78 is 5.79. The Morgan fingerprint density at radius 2 is 2.25 bits per heavy atom. The molecule has 82 valence electrons. The van der Waals surface area contributed by atoms with Gasteiger partial charge in [0.25, 0.3) is 0 Å². The Hall–Kier alpha value is -2.44. The van der Waals surface area contributed by atoms with E-state index in [1.54, 1.807) is 0 Å². The molecule has 7 nitrogen and oxygen atoms in total. The molecule has 0 unspecified atom stereocenters. The largest absolute Gasteiger partial charge is 0.420 e. The molecule has 0 radical (unpaired) electrons. The number of fused-ring (bicyclic) bond motifs is 1. The van der Waals surface area contributed by atoms with Gasteiger partial charge >= 0.3 is 11.4 Å². The summed E-state index contributed by atoms with van der Waals surface area (Å²) >= 11 is 0. The molecule has 2 rings (SSSR count). The minimum atomic E-state index is -0.781. The summed E-state index contributed by atoms with van der Waals surface area (Å²) in [5.74, 6) is -0.781. The van der Waals surface area contributed by atoms with Crippen LogP contribution in [-0.2, 0) is 11.3 Å². The predicted octanol–water partition coefficient (Wildman–Crippen LogP) is 0.702. The van der Waals surface area contributed by atoms with Crippen molar-refractivity contribution in [2.24, 2.45) is 0 Å². The zero-order valence-electron chi connectivity index (χ0n) is 7.95. The standard InChI is InChI=1S/C9H6N2O5/c12-5-4-10-6-2-1-3-7(11(14)15)8(6)16-9(10)13/h1-3,5H,4H2. The third-order valence-corrected chi connectivity index (χ3v) is 2.13. The third-order valence-electron chi connectivity index (χ3n) is 2.13. The number of benzene rings is 1. The lowest BCUT2D eigenvalue weighted by Gasteiger charge is -1.94. The van der Waals surface area contributed by atoms with Crippen molar-refractivity contribution in [2.45, 2.75) is 6.54 Å². The van der Waals surface area contributed by atoms with E-state index in [0.717, 1.165) is 4.57 Å². The van der Waals surface area contributed by atoms with Crippen molar-refractivity contribution in [3.8, 4) is 0 Å². The summed E-state index contributed by atoms with van der Waals surface area (Å²) in [6, 6.07) is 4.14. The molecular formula is C9H6N2O5. The molecule has 0 fully saturated rings. The minimum absolute atomic E-state index is 0.112. The van der Waals surface area contributed by atoms with Crippen LogP contribution >= 0.6 is 0 Å². The maximum absolute atomic E-state index is 11.3. The lowest BCUT2D eigenvalue weighted by molar-refractivity contribution is -0.383. The monoisotopic (exact) mass is 222 g/mol. The predicted molar refractivity (Wildman–Crippen MR) is 53.2 cm³/mol. The number of hydrogen-bond donors (Lipinski definition) is 0. The number of non-ortho nitro benzene ring substituents is 1. The molecule has 0 aliphatic heterocycles. The number of carbonyl (C=O) groups excluding carboxylic acids is 1. The van der Waals surface area contributed by atoms with Gasteiger partial charge in [0.15, 0.2) is 0 Å². The van der Waals surface area contributed by atoms with E-state index in [9.17, 15) is 19.7 Å². The molecule has 0 bridgehead atoms. The van der Waals surface area contributed by atoms with Crippen LogP contribution in [0.3, 0.4) is 0 Å². The SMILES string of the molecule is O=CCn1c(=O)oc2c([N+](=O)[O-])cccc21. The third kappa shape index (κ3) is 1.38. The van der Waals surface area contributed by atoms with Gasteiger partial charge in [0.2, 0.25) is 5.58 Å². The molecule has 7 heteroatoms. The Morgan fingerprint density at radius 1 is 1.50 bits per heavy atom. The maximum atomic E-state index is 11.3. The van der Waals surface area contributed by atoms with Crippen molar-refractivity contribution in [3.63, 3.8) is 0 Å². The number of nitrogens with zero attached hydrogens (tertiary/aromatic N) is 2. The van der Waals surface area contributed by atoms with Gasteiger partial charge in [-0.2, -0.15) is 0 Å². The van der Waals surface area contributed by atoms with E-state index in [-0.39, 0.29) is 23.3 Å². The quantitative estimate of drug-likeness (QED) is 0.432. The second-order valence-electron chi connectivity index (χ2n) is 3.03. The molecule has 0 N–H and O–H groups in total. The second-order valence-corrected chi connectivity index (χ2v) is 3.03. The highest BCUT2D eigenvalue weighted by Gasteiger charge is 2.18. The number of oxazole rings is 1. The molecule has 0 aliphatic carbocycles. The number of para-hydroxylation sites is 1. The van der Waals surface area contributed by atoms with Crippen molar-refractivity contribution in [1.29, 1.82) is 0 Å². The fraction of sp³-hybridized carbons (Fsp3) is 0.111. The van der Waals surface area contributed by atoms with Crippen LogP contribution in [0, 0.1) is 10.1 Å². The first-order chi connectivity index (χ1) is 7.65. The van der Waals surface area contributed by atoms with Crippen LogP contribution < -0.4 is 5.76 Å². The van der Waals surface area contributed by atoms with Gasteiger partial charge in [-0.1, -0.05) is 6.07 Å². The van der Waals surface area contributed by atoms with Gasteiger partial charge in [-0.25, -0.2) is 4.79 Å². The summed E-state index contributed by atoms with van der Waals surface area (Å²) in [6.07, 6.45) is 0.523. The molecule has 1 aromatic heterocycles. The number of aromatic nitrogens is 1. The maximum Gasteiger partial charge on any atom is 0.420 e.